The molecule has 0 radical (unpaired) electrons. The summed E-state index contributed by atoms with van der Waals surface area (Å²) in [6.45, 7) is 4.27. The highest BCUT2D eigenvalue weighted by Gasteiger charge is 2.29. The fraction of sp³-hybridized carbons (Fsp3) is 0.258. The number of amides is 1. The van der Waals surface area contributed by atoms with Gasteiger partial charge in [-0.1, -0.05) is 55.3 Å². The van der Waals surface area contributed by atoms with E-state index in [2.05, 4.69) is 41.9 Å². The van der Waals surface area contributed by atoms with Gasteiger partial charge in [0.2, 0.25) is 0 Å². The topological polar surface area (TPSA) is 90.2 Å². The van der Waals surface area contributed by atoms with Gasteiger partial charge in [0.1, 0.15) is 6.07 Å². The van der Waals surface area contributed by atoms with Crippen molar-refractivity contribution in [2.24, 2.45) is 0 Å². The molecule has 5 nitrogen and oxygen atoms in total. The lowest BCUT2D eigenvalue weighted by atomic mass is 9.75. The van der Waals surface area contributed by atoms with Crippen molar-refractivity contribution in [2.75, 3.05) is 6.54 Å². The molecule has 0 aliphatic heterocycles. The number of hydrogen-bond acceptors (Lipinski definition) is 4. The monoisotopic (exact) mass is 544 g/mol. The van der Waals surface area contributed by atoms with Gasteiger partial charge in [0, 0.05) is 23.0 Å². The molecule has 1 amide bonds. The summed E-state index contributed by atoms with van der Waals surface area (Å²) in [7, 11) is 0. The van der Waals surface area contributed by atoms with Crippen LogP contribution < -0.4 is 5.32 Å². The number of aliphatic carboxylic acids is 1. The van der Waals surface area contributed by atoms with Gasteiger partial charge in [-0.25, -0.2) is 0 Å². The van der Waals surface area contributed by atoms with E-state index in [1.54, 1.807) is 23.5 Å². The molecule has 1 heterocycles. The van der Waals surface area contributed by atoms with Crippen LogP contribution in [0.4, 0.5) is 0 Å². The first-order valence-corrected chi connectivity index (χ1v) is 13.8. The van der Waals surface area contributed by atoms with E-state index in [1.165, 1.54) is 5.56 Å². The highest BCUT2D eigenvalue weighted by Crippen LogP contribution is 2.46. The van der Waals surface area contributed by atoms with E-state index < -0.39 is 5.97 Å². The van der Waals surface area contributed by atoms with E-state index in [0.717, 1.165) is 39.6 Å². The van der Waals surface area contributed by atoms with Gasteiger partial charge in [0.15, 0.2) is 0 Å². The van der Waals surface area contributed by atoms with Gasteiger partial charge in [-0.2, -0.15) is 5.26 Å². The Morgan fingerprint density at radius 2 is 1.76 bits per heavy atom. The molecule has 1 aromatic heterocycles. The first-order valence-electron chi connectivity index (χ1n) is 12.6. The molecule has 4 aromatic rings. The lowest BCUT2D eigenvalue weighted by molar-refractivity contribution is -0.136. The number of carbonyl (C=O) groups excluding carboxylic acids is 1. The van der Waals surface area contributed by atoms with Crippen LogP contribution in [-0.2, 0) is 4.79 Å². The molecule has 0 saturated carbocycles. The number of rotatable bonds is 10. The van der Waals surface area contributed by atoms with Crippen molar-refractivity contribution in [1.29, 1.82) is 5.26 Å². The normalized spacial score (nSPS) is 12.6. The zero-order chi connectivity index (χ0) is 27.2. The standard InChI is InChI=1S/C31H29ClN2O3S/c1-3-4-25(20-5-7-22(8-6-20)31(37)34-14-13-28(35)36)29(21-9-11-24(32)12-10-21)27-18-38-30-23(17-33)15-19(2)16-26(27)30/h5-12,15-16,18,25,29H,3-4,13-14H2,1-2H3,(H,34,37)(H,35,36). The first-order chi connectivity index (χ1) is 18.3. The average Bonchev–Trinajstić information content (AvgIpc) is 3.32. The van der Waals surface area contributed by atoms with E-state index >= 15 is 0 Å². The molecule has 194 valence electrons. The lowest BCUT2D eigenvalue weighted by Crippen LogP contribution is -2.26. The van der Waals surface area contributed by atoms with Crippen molar-refractivity contribution >= 4 is 44.9 Å². The van der Waals surface area contributed by atoms with Crippen LogP contribution in [0.15, 0.2) is 66.0 Å². The summed E-state index contributed by atoms with van der Waals surface area (Å²) in [4.78, 5) is 23.3. The minimum atomic E-state index is -0.950. The number of hydrogen-bond donors (Lipinski definition) is 2. The Bertz CT molecular complexity index is 1490. The number of carboxylic acid groups (broad SMARTS) is 1. The Balaban J connectivity index is 1.78. The number of benzene rings is 3. The fourth-order valence-corrected chi connectivity index (χ4v) is 6.21. The maximum absolute atomic E-state index is 12.5. The van der Waals surface area contributed by atoms with Crippen molar-refractivity contribution in [3.05, 3.63) is 104 Å². The Morgan fingerprint density at radius 1 is 1.08 bits per heavy atom. The molecule has 2 unspecified atom stereocenters. The van der Waals surface area contributed by atoms with Crippen LogP contribution in [0.1, 0.15) is 76.2 Å². The third-order valence-electron chi connectivity index (χ3n) is 6.76. The largest absolute Gasteiger partial charge is 0.481 e. The molecule has 2 N–H and O–H groups in total. The highest BCUT2D eigenvalue weighted by molar-refractivity contribution is 7.17. The third-order valence-corrected chi connectivity index (χ3v) is 8.06. The molecule has 0 aliphatic carbocycles. The van der Waals surface area contributed by atoms with Crippen LogP contribution >= 0.6 is 22.9 Å². The summed E-state index contributed by atoms with van der Waals surface area (Å²) in [6, 6.07) is 22.0. The summed E-state index contributed by atoms with van der Waals surface area (Å²) in [5, 5.41) is 25.2. The van der Waals surface area contributed by atoms with E-state index in [0.29, 0.717) is 16.1 Å². The van der Waals surface area contributed by atoms with Gasteiger partial charge < -0.3 is 10.4 Å². The van der Waals surface area contributed by atoms with Gasteiger partial charge in [0.25, 0.3) is 5.91 Å². The molecule has 4 rings (SSSR count). The number of nitrogens with zero attached hydrogens (tertiary/aromatic N) is 1. The van der Waals surface area contributed by atoms with Crippen molar-refractivity contribution in [3.63, 3.8) is 0 Å². The third kappa shape index (κ3) is 6.07. The molecule has 0 spiro atoms. The molecule has 0 aliphatic rings. The summed E-state index contributed by atoms with van der Waals surface area (Å²) in [5.41, 5.74) is 5.67. The van der Waals surface area contributed by atoms with E-state index in [-0.39, 0.29) is 30.7 Å². The number of fused-ring (bicyclic) bond motifs is 1. The van der Waals surface area contributed by atoms with E-state index in [1.807, 2.05) is 37.3 Å². The SMILES string of the molecule is CCCC(c1ccc(C(=O)NCCC(=O)O)cc1)C(c1ccc(Cl)cc1)c1csc2c(C#N)cc(C)cc12. The minimum absolute atomic E-state index is 0.0181. The number of carboxylic acids is 1. The second-order valence-electron chi connectivity index (χ2n) is 9.44. The number of nitrogens with one attached hydrogen (secondary N) is 1. The summed E-state index contributed by atoms with van der Waals surface area (Å²) < 4.78 is 0.996. The van der Waals surface area contributed by atoms with Gasteiger partial charge in [-0.05, 0) is 82.6 Å². The summed E-state index contributed by atoms with van der Waals surface area (Å²) >= 11 is 7.85. The molecular formula is C31H29ClN2O3S. The second-order valence-corrected chi connectivity index (χ2v) is 10.8. The Morgan fingerprint density at radius 3 is 2.39 bits per heavy atom. The van der Waals surface area contributed by atoms with Crippen molar-refractivity contribution in [2.45, 2.75) is 44.9 Å². The number of nitriles is 1. The smallest absolute Gasteiger partial charge is 0.305 e. The predicted octanol–water partition coefficient (Wildman–Crippen LogP) is 7.66. The quantitative estimate of drug-likeness (QED) is 0.214. The molecule has 0 saturated heterocycles. The van der Waals surface area contributed by atoms with Gasteiger partial charge >= 0.3 is 5.97 Å². The van der Waals surface area contributed by atoms with E-state index in [4.69, 9.17) is 16.7 Å². The zero-order valence-electron chi connectivity index (χ0n) is 21.3. The average molecular weight is 545 g/mol. The lowest BCUT2D eigenvalue weighted by Gasteiger charge is -2.29. The van der Waals surface area contributed by atoms with E-state index in [9.17, 15) is 14.9 Å². The number of carbonyl (C=O) groups is 2. The molecule has 2 atom stereocenters. The number of halogens is 1. The highest BCUT2D eigenvalue weighted by atomic mass is 35.5. The molecule has 0 fully saturated rings. The van der Waals surface area contributed by atoms with Crippen LogP contribution in [-0.4, -0.2) is 23.5 Å². The van der Waals surface area contributed by atoms with Gasteiger partial charge in [-0.15, -0.1) is 11.3 Å². The first kappa shape index (κ1) is 27.4. The molecular weight excluding hydrogens is 516 g/mol. The zero-order valence-corrected chi connectivity index (χ0v) is 22.9. The molecule has 3 aromatic carbocycles. The maximum Gasteiger partial charge on any atom is 0.305 e. The van der Waals surface area contributed by atoms with Crippen LogP contribution in [0, 0.1) is 18.3 Å². The van der Waals surface area contributed by atoms with Gasteiger partial charge in [0.05, 0.1) is 16.7 Å². The van der Waals surface area contributed by atoms with Crippen molar-refractivity contribution in [3.8, 4) is 6.07 Å². The number of thiophene rings is 1. The predicted molar refractivity (Wildman–Crippen MR) is 153 cm³/mol. The van der Waals surface area contributed by atoms with Crippen molar-refractivity contribution in [1.82, 2.24) is 5.32 Å². The Labute approximate surface area is 231 Å². The molecule has 38 heavy (non-hydrogen) atoms. The summed E-state index contributed by atoms with van der Waals surface area (Å²) in [6.07, 6.45) is 1.77. The Hall–Kier alpha value is -3.66. The minimum Gasteiger partial charge on any atom is -0.481 e. The van der Waals surface area contributed by atoms with Crippen LogP contribution in [0.25, 0.3) is 10.1 Å². The fourth-order valence-electron chi connectivity index (χ4n) is 5.03. The Kier molecular flexibility index (Phi) is 8.83. The van der Waals surface area contributed by atoms with Crippen molar-refractivity contribution < 1.29 is 14.7 Å². The molecule has 7 heteroatoms. The molecule has 0 bridgehead atoms. The van der Waals surface area contributed by atoms with Gasteiger partial charge in [-0.3, -0.25) is 9.59 Å². The maximum atomic E-state index is 12.5. The van der Waals surface area contributed by atoms with Crippen LogP contribution in [0.2, 0.25) is 5.02 Å². The van der Waals surface area contributed by atoms with Crippen LogP contribution in [0.5, 0.6) is 0 Å². The second kappa shape index (κ2) is 12.3. The summed E-state index contributed by atoms with van der Waals surface area (Å²) in [5.74, 6) is -1.10. The van der Waals surface area contributed by atoms with Crippen LogP contribution in [0.3, 0.4) is 0 Å². The number of aryl methyl sites for hydroxylation is 1.